The van der Waals surface area contributed by atoms with Crippen molar-refractivity contribution in [2.24, 2.45) is 5.73 Å². The molecule has 19 heteroatoms. The van der Waals surface area contributed by atoms with Gasteiger partial charge in [0.15, 0.2) is 22.9 Å². The third-order valence-corrected chi connectivity index (χ3v) is 7.91. The first kappa shape index (κ1) is 38.7. The van der Waals surface area contributed by atoms with Crippen LogP contribution in [0.3, 0.4) is 0 Å². The van der Waals surface area contributed by atoms with E-state index in [1.54, 1.807) is 14.2 Å². The Balaban J connectivity index is 0.000000210. The first-order valence-corrected chi connectivity index (χ1v) is 16.7. The van der Waals surface area contributed by atoms with E-state index in [1.165, 1.54) is 15.2 Å². The second kappa shape index (κ2) is 18.3. The molecule has 0 atom stereocenters. The summed E-state index contributed by atoms with van der Waals surface area (Å²) >= 11 is 0. The van der Waals surface area contributed by atoms with Gasteiger partial charge in [-0.05, 0) is 28.3 Å². The van der Waals surface area contributed by atoms with Gasteiger partial charge < -0.3 is 51.4 Å². The zero-order chi connectivity index (χ0) is 38.6. The van der Waals surface area contributed by atoms with E-state index in [9.17, 15) is 14.4 Å². The Morgan fingerprint density at radius 3 is 1.56 bits per heavy atom. The molecule has 0 aliphatic carbocycles. The minimum Gasteiger partial charge on any atom is -0.461 e. The van der Waals surface area contributed by atoms with Crippen molar-refractivity contribution < 1.29 is 23.7 Å². The molecule has 0 saturated heterocycles. The molecule has 6 rings (SSSR count). The van der Waals surface area contributed by atoms with E-state index in [2.05, 4.69) is 41.8 Å². The highest BCUT2D eigenvalue weighted by atomic mass is 16.5. The van der Waals surface area contributed by atoms with E-state index in [0.717, 1.165) is 22.3 Å². The Morgan fingerprint density at radius 1 is 0.722 bits per heavy atom. The molecule has 2 aromatic carbocycles. The molecule has 0 aliphatic rings. The fraction of sp³-hybridized carbons (Fsp3) is 0.286. The van der Waals surface area contributed by atoms with Crippen molar-refractivity contribution >= 4 is 39.9 Å². The smallest absolute Gasteiger partial charge is 0.328 e. The summed E-state index contributed by atoms with van der Waals surface area (Å²) < 4.78 is 23.6. The largest absolute Gasteiger partial charge is 0.461 e. The van der Waals surface area contributed by atoms with Gasteiger partial charge in [0.2, 0.25) is 5.91 Å². The number of nitrogens with two attached hydrogens (primary N) is 3. The predicted octanol–water partition coefficient (Wildman–Crippen LogP) is 0.812. The van der Waals surface area contributed by atoms with Crippen molar-refractivity contribution in [1.29, 1.82) is 0 Å². The average molecular weight is 743 g/mol. The lowest BCUT2D eigenvalue weighted by atomic mass is 10.1. The van der Waals surface area contributed by atoms with Crippen LogP contribution in [0.5, 0.6) is 12.0 Å². The lowest BCUT2D eigenvalue weighted by Gasteiger charge is -2.08. The quantitative estimate of drug-likeness (QED) is 0.0592. The van der Waals surface area contributed by atoms with Gasteiger partial charge in [0, 0.05) is 27.3 Å². The normalized spacial score (nSPS) is 10.9. The number of carbonyl (C=O) groups excluding carboxylic acids is 1. The van der Waals surface area contributed by atoms with Crippen LogP contribution in [0.1, 0.15) is 22.3 Å². The Kier molecular flexibility index (Phi) is 13.1. The van der Waals surface area contributed by atoms with Gasteiger partial charge in [-0.15, -0.1) is 0 Å². The number of nitrogens with one attached hydrogen (secondary N) is 3. The van der Waals surface area contributed by atoms with E-state index in [0.29, 0.717) is 55.2 Å². The van der Waals surface area contributed by atoms with Gasteiger partial charge in [-0.2, -0.15) is 19.9 Å². The molecule has 6 aromatic rings. The molecule has 0 unspecified atom stereocenters. The fourth-order valence-corrected chi connectivity index (χ4v) is 5.09. The molecule has 0 spiro atoms. The zero-order valence-corrected chi connectivity index (χ0v) is 29.8. The number of nitrogen functional groups attached to an aromatic ring is 2. The molecule has 9 N–H and O–H groups in total. The van der Waals surface area contributed by atoms with Crippen molar-refractivity contribution in [2.75, 3.05) is 52.1 Å². The number of benzene rings is 2. The maximum Gasteiger partial charge on any atom is 0.328 e. The summed E-state index contributed by atoms with van der Waals surface area (Å²) in [6.07, 6.45) is 1.22. The second-order valence-corrected chi connectivity index (χ2v) is 11.7. The van der Waals surface area contributed by atoms with Crippen molar-refractivity contribution in [2.45, 2.75) is 26.2 Å². The molecular formula is C35H42N12O7. The number of fused-ring (bicyclic) bond motifs is 2. The van der Waals surface area contributed by atoms with Crippen LogP contribution in [-0.4, -0.2) is 85.6 Å². The molecule has 54 heavy (non-hydrogen) atoms. The van der Waals surface area contributed by atoms with Crippen molar-refractivity contribution in [3.05, 3.63) is 104 Å². The van der Waals surface area contributed by atoms with Crippen molar-refractivity contribution in [3.8, 4) is 12.0 Å². The molecule has 0 aliphatic heterocycles. The van der Waals surface area contributed by atoms with E-state index < -0.39 is 0 Å². The third kappa shape index (κ3) is 9.64. The molecule has 284 valence electrons. The lowest BCUT2D eigenvalue weighted by molar-refractivity contribution is -0.116. The van der Waals surface area contributed by atoms with Crippen molar-refractivity contribution in [1.82, 2.24) is 44.4 Å². The fourth-order valence-electron chi connectivity index (χ4n) is 5.09. The number of aromatic nitrogens is 8. The van der Waals surface area contributed by atoms with Gasteiger partial charge >= 0.3 is 23.4 Å². The minimum atomic E-state index is -0.350. The molecule has 4 aromatic heterocycles. The maximum absolute atomic E-state index is 12.4. The first-order chi connectivity index (χ1) is 26.1. The predicted molar refractivity (Wildman–Crippen MR) is 201 cm³/mol. The van der Waals surface area contributed by atoms with E-state index in [-0.39, 0.29) is 60.7 Å². The number of hydrogen-bond donors (Lipinski definition) is 6. The van der Waals surface area contributed by atoms with Crippen LogP contribution in [0.15, 0.2) is 70.8 Å². The average Bonchev–Trinajstić information content (AvgIpc) is 3.66. The number of amides is 1. The van der Waals surface area contributed by atoms with Gasteiger partial charge in [-0.25, -0.2) is 9.59 Å². The molecule has 19 nitrogen and oxygen atoms in total. The molecular weight excluding hydrogens is 700 g/mol. The maximum atomic E-state index is 12.4. The lowest BCUT2D eigenvalue weighted by Crippen LogP contribution is -2.20. The van der Waals surface area contributed by atoms with E-state index in [4.69, 9.17) is 36.1 Å². The summed E-state index contributed by atoms with van der Waals surface area (Å²) in [5.41, 5.74) is 22.1. The first-order valence-electron chi connectivity index (χ1n) is 16.7. The summed E-state index contributed by atoms with van der Waals surface area (Å²) in [6.45, 7) is 6.23. The molecule has 4 heterocycles. The van der Waals surface area contributed by atoms with Crippen LogP contribution in [-0.2, 0) is 40.4 Å². The molecule has 0 bridgehead atoms. The van der Waals surface area contributed by atoms with Gasteiger partial charge in [0.1, 0.15) is 24.2 Å². The van der Waals surface area contributed by atoms with Crippen LogP contribution in [0, 0.1) is 0 Å². The number of aromatic amines is 2. The Labute approximate surface area is 308 Å². The number of anilines is 2. The number of ether oxygens (including phenoxy) is 4. The number of methoxy groups -OCH3 is 2. The summed E-state index contributed by atoms with van der Waals surface area (Å²) in [5.74, 6) is 0.0542. The van der Waals surface area contributed by atoms with Gasteiger partial charge in [-0.1, -0.05) is 55.1 Å². The number of imidazole rings is 2. The number of rotatable bonds is 16. The minimum absolute atomic E-state index is 0.0770. The molecule has 0 radical (unpaired) electrons. The monoisotopic (exact) mass is 742 g/mol. The summed E-state index contributed by atoms with van der Waals surface area (Å²) in [5, 5.41) is 2.71. The SMILES string of the molecule is C=CC(=O)NCc1ccc(Cn2c(=O)[nH]c3c(N)nc(OCCOC)nc32)cc1.COCCOc1nc(N)c2[nH]c(=O)n(Cc3ccc(CN)cc3)c2n1. The van der Waals surface area contributed by atoms with Gasteiger partial charge in [-0.3, -0.25) is 13.9 Å². The highest BCUT2D eigenvalue weighted by Gasteiger charge is 2.16. The Hall–Kier alpha value is -6.57. The number of hydrogen-bond acceptors (Lipinski definition) is 14. The molecule has 0 saturated carbocycles. The number of carbonyl (C=O) groups is 1. The van der Waals surface area contributed by atoms with Crippen LogP contribution >= 0.6 is 0 Å². The van der Waals surface area contributed by atoms with Crippen LogP contribution in [0.25, 0.3) is 22.3 Å². The topological polar surface area (TPSA) is 271 Å². The van der Waals surface area contributed by atoms with Gasteiger partial charge in [0.25, 0.3) is 0 Å². The number of H-pyrrole nitrogens is 2. The van der Waals surface area contributed by atoms with Crippen LogP contribution in [0.2, 0.25) is 0 Å². The summed E-state index contributed by atoms with van der Waals surface area (Å²) in [7, 11) is 3.13. The Bertz CT molecular complexity index is 2310. The van der Waals surface area contributed by atoms with E-state index >= 15 is 0 Å². The summed E-state index contributed by atoms with van der Waals surface area (Å²) in [6, 6.07) is 15.4. The standard InChI is InChI=1S/C19H22N6O4.C16H20N6O3/c1-3-14(26)21-10-12-4-6-13(7-5-12)11-25-17-15(22-19(25)27)16(20)23-18(24-17)29-9-8-28-2;1-24-6-7-25-15-20-13(18)12-14(21-15)22(16(23)19-12)9-11-4-2-10(8-17)3-5-11/h3-7H,1,8-11H2,2H3,(H,21,26)(H,22,27)(H2,20,23,24);2-5H,6-9,17H2,1H3,(H,19,23)(H2,18,20,21). The number of nitrogens with zero attached hydrogens (tertiary/aromatic N) is 6. The summed E-state index contributed by atoms with van der Waals surface area (Å²) in [4.78, 5) is 58.0. The molecule has 0 fully saturated rings. The highest BCUT2D eigenvalue weighted by Crippen LogP contribution is 2.20. The van der Waals surface area contributed by atoms with Crippen LogP contribution < -0.4 is 43.4 Å². The van der Waals surface area contributed by atoms with Crippen LogP contribution in [0.4, 0.5) is 11.6 Å². The van der Waals surface area contributed by atoms with E-state index in [1.807, 2.05) is 48.5 Å². The highest BCUT2D eigenvalue weighted by molar-refractivity contribution is 5.86. The third-order valence-electron chi connectivity index (χ3n) is 7.91. The zero-order valence-electron chi connectivity index (χ0n) is 29.8. The second-order valence-electron chi connectivity index (χ2n) is 11.7. The molecule has 1 amide bonds. The van der Waals surface area contributed by atoms with Crippen molar-refractivity contribution in [3.63, 3.8) is 0 Å². The van der Waals surface area contributed by atoms with Gasteiger partial charge in [0.05, 0.1) is 26.3 Å². The Morgan fingerprint density at radius 2 is 1.15 bits per heavy atom.